The van der Waals surface area contributed by atoms with Crippen molar-refractivity contribution in [3.05, 3.63) is 48.3 Å². The van der Waals surface area contributed by atoms with Crippen LogP contribution in [0.15, 0.2) is 47.4 Å². The van der Waals surface area contributed by atoms with Crippen molar-refractivity contribution in [2.75, 3.05) is 57.0 Å². The second-order valence-electron chi connectivity index (χ2n) is 9.61. The number of anilines is 1. The van der Waals surface area contributed by atoms with Gasteiger partial charge in [-0.1, -0.05) is 12.1 Å². The number of hydrogen-bond acceptors (Lipinski definition) is 7. The molecule has 2 aliphatic heterocycles. The van der Waals surface area contributed by atoms with Gasteiger partial charge in [0.2, 0.25) is 5.91 Å². The number of rotatable bonds is 10. The third-order valence-electron chi connectivity index (χ3n) is 6.96. The molecule has 8 nitrogen and oxygen atoms in total. The zero-order chi connectivity index (χ0) is 25.6. The number of nitrogens with one attached hydrogen (secondary N) is 1. The van der Waals surface area contributed by atoms with Gasteiger partial charge in [-0.15, -0.1) is 11.8 Å². The zero-order valence-electron chi connectivity index (χ0n) is 21.8. The van der Waals surface area contributed by atoms with E-state index in [-0.39, 0.29) is 12.1 Å². The first-order valence-electron chi connectivity index (χ1n) is 13.3. The third kappa shape index (κ3) is 6.46. The van der Waals surface area contributed by atoms with E-state index in [4.69, 9.17) is 14.5 Å². The molecule has 1 aromatic heterocycles. The fraction of sp³-hybridized carbons (Fsp3) is 0.500. The number of amides is 1. The molecule has 0 spiro atoms. The van der Waals surface area contributed by atoms with Crippen molar-refractivity contribution < 1.29 is 14.3 Å². The molecule has 1 atom stereocenters. The molecule has 2 aromatic carbocycles. The third-order valence-corrected chi connectivity index (χ3v) is 8.02. The number of carbonyl (C=O) groups is 1. The summed E-state index contributed by atoms with van der Waals surface area (Å²) in [6.07, 6.45) is 2.10. The predicted octanol–water partition coefficient (Wildman–Crippen LogP) is 4.61. The number of thioether (sulfide) groups is 1. The van der Waals surface area contributed by atoms with E-state index in [9.17, 15) is 4.79 Å². The van der Waals surface area contributed by atoms with Crippen molar-refractivity contribution in [1.29, 1.82) is 0 Å². The average molecular weight is 524 g/mol. The summed E-state index contributed by atoms with van der Waals surface area (Å²) in [4.78, 5) is 22.7. The first kappa shape index (κ1) is 26.0. The number of benzene rings is 2. The van der Waals surface area contributed by atoms with Gasteiger partial charge in [0.05, 0.1) is 35.6 Å². The maximum atomic E-state index is 11.5. The van der Waals surface area contributed by atoms with Gasteiger partial charge >= 0.3 is 0 Å². The van der Waals surface area contributed by atoms with E-state index in [1.807, 2.05) is 31.2 Å². The van der Waals surface area contributed by atoms with Crippen molar-refractivity contribution >= 4 is 34.4 Å². The number of para-hydroxylation sites is 2. The Balaban J connectivity index is 1.11. The monoisotopic (exact) mass is 523 g/mol. The maximum absolute atomic E-state index is 11.5. The van der Waals surface area contributed by atoms with Crippen molar-refractivity contribution in [3.63, 3.8) is 0 Å². The number of nitrogens with zero attached hydrogens (tertiary/aromatic N) is 4. The lowest BCUT2D eigenvalue weighted by Crippen LogP contribution is -2.32. The summed E-state index contributed by atoms with van der Waals surface area (Å²) < 4.78 is 14.2. The van der Waals surface area contributed by atoms with Crippen LogP contribution in [0, 0.1) is 0 Å². The topological polar surface area (TPSA) is 71.9 Å². The molecule has 37 heavy (non-hydrogen) atoms. The summed E-state index contributed by atoms with van der Waals surface area (Å²) in [7, 11) is 0. The van der Waals surface area contributed by atoms with Crippen molar-refractivity contribution in [2.24, 2.45) is 0 Å². The quantitative estimate of drug-likeness (QED) is 0.389. The first-order chi connectivity index (χ1) is 18.1. The molecule has 1 unspecified atom stereocenters. The van der Waals surface area contributed by atoms with Crippen LogP contribution in [-0.2, 0) is 16.1 Å². The molecule has 1 amide bonds. The first-order valence-corrected chi connectivity index (χ1v) is 14.3. The van der Waals surface area contributed by atoms with E-state index in [0.717, 1.165) is 85.3 Å². The highest BCUT2D eigenvalue weighted by molar-refractivity contribution is 8.00. The molecule has 9 heteroatoms. The Bertz CT molecular complexity index is 1220. The molecule has 1 fully saturated rings. The molecular weight excluding hydrogens is 486 g/mol. The number of fused-ring (bicyclic) bond motifs is 2. The zero-order valence-corrected chi connectivity index (χ0v) is 22.6. The Labute approximate surface area is 223 Å². The van der Waals surface area contributed by atoms with Crippen LogP contribution in [0.1, 0.15) is 38.7 Å². The molecule has 1 N–H and O–H groups in total. The highest BCUT2D eigenvalue weighted by Crippen LogP contribution is 2.34. The minimum atomic E-state index is -0.0386. The van der Waals surface area contributed by atoms with Crippen LogP contribution in [0.4, 0.5) is 5.69 Å². The normalized spacial score (nSPS) is 17.8. The maximum Gasteiger partial charge on any atom is 0.234 e. The van der Waals surface area contributed by atoms with Crippen LogP contribution in [0.5, 0.6) is 5.75 Å². The highest BCUT2D eigenvalue weighted by Gasteiger charge is 2.21. The van der Waals surface area contributed by atoms with Gasteiger partial charge in [0.25, 0.3) is 0 Å². The van der Waals surface area contributed by atoms with Gasteiger partial charge < -0.3 is 24.3 Å². The highest BCUT2D eigenvalue weighted by atomic mass is 32.2. The summed E-state index contributed by atoms with van der Waals surface area (Å²) in [5.41, 5.74) is 3.05. The van der Waals surface area contributed by atoms with Crippen LogP contribution in [0.25, 0.3) is 11.0 Å². The van der Waals surface area contributed by atoms with Crippen LogP contribution in [-0.4, -0.2) is 76.9 Å². The van der Waals surface area contributed by atoms with Crippen LogP contribution in [0.3, 0.4) is 0 Å². The molecule has 0 bridgehead atoms. The Kier molecular flexibility index (Phi) is 8.66. The van der Waals surface area contributed by atoms with Gasteiger partial charge in [0.15, 0.2) is 0 Å². The van der Waals surface area contributed by atoms with Crippen molar-refractivity contribution in [3.8, 4) is 5.75 Å². The second kappa shape index (κ2) is 12.3. The minimum Gasteiger partial charge on any atom is -0.494 e. The van der Waals surface area contributed by atoms with Crippen molar-refractivity contribution in [2.45, 2.75) is 44.4 Å². The van der Waals surface area contributed by atoms with Crippen LogP contribution < -0.4 is 10.1 Å². The molecule has 0 radical (unpaired) electrons. The number of aromatic nitrogens is 2. The molecule has 3 aromatic rings. The second-order valence-corrected chi connectivity index (χ2v) is 10.6. The van der Waals surface area contributed by atoms with Crippen LogP contribution in [0.2, 0.25) is 0 Å². The SMILES string of the molecule is CCOC(C)n1c(CN2CCCN(CCCOc3ccc4c(c3)SCC(=O)N4)CC2)nc2ccccc21. The minimum absolute atomic E-state index is 0.0386. The Morgan fingerprint density at radius 2 is 1.95 bits per heavy atom. The summed E-state index contributed by atoms with van der Waals surface area (Å²) >= 11 is 1.56. The fourth-order valence-electron chi connectivity index (χ4n) is 5.16. The summed E-state index contributed by atoms with van der Waals surface area (Å²) in [6.45, 7) is 11.6. The number of imidazole rings is 1. The van der Waals surface area contributed by atoms with Gasteiger partial charge in [0.1, 0.15) is 17.8 Å². The molecule has 0 aliphatic carbocycles. The summed E-state index contributed by atoms with van der Waals surface area (Å²) in [5.74, 6) is 2.47. The average Bonchev–Trinajstić information content (AvgIpc) is 3.11. The molecular formula is C28H37N5O3S. The predicted molar refractivity (Wildman–Crippen MR) is 148 cm³/mol. The lowest BCUT2D eigenvalue weighted by atomic mass is 10.3. The smallest absolute Gasteiger partial charge is 0.234 e. The van der Waals surface area contributed by atoms with E-state index >= 15 is 0 Å². The number of carbonyl (C=O) groups excluding carboxylic acids is 1. The molecule has 1 saturated heterocycles. The van der Waals surface area contributed by atoms with E-state index in [1.54, 1.807) is 11.8 Å². The molecule has 5 rings (SSSR count). The van der Waals surface area contributed by atoms with Gasteiger partial charge in [-0.25, -0.2) is 4.98 Å². The Hall–Kier alpha value is -2.59. The standard InChI is InChI=1S/C28H37N5O3S/c1-3-35-21(2)33-25-9-5-4-8-23(25)29-27(33)19-32-13-6-12-31(15-16-32)14-7-17-36-22-10-11-24-26(18-22)37-20-28(34)30-24/h4-5,8-11,18,21H,3,6-7,12-17,19-20H2,1-2H3,(H,30,34). The van der Waals surface area contributed by atoms with Crippen LogP contribution >= 0.6 is 11.8 Å². The van der Waals surface area contributed by atoms with E-state index in [1.165, 1.54) is 0 Å². The molecule has 0 saturated carbocycles. The molecule has 2 aliphatic rings. The van der Waals surface area contributed by atoms with Gasteiger partial charge in [-0.2, -0.15) is 0 Å². The van der Waals surface area contributed by atoms with Gasteiger partial charge in [-0.3, -0.25) is 9.69 Å². The van der Waals surface area contributed by atoms with Gasteiger partial charge in [0, 0.05) is 31.1 Å². The number of ether oxygens (including phenoxy) is 2. The summed E-state index contributed by atoms with van der Waals surface area (Å²) in [6, 6.07) is 14.2. The van der Waals surface area contributed by atoms with E-state index < -0.39 is 0 Å². The molecule has 198 valence electrons. The summed E-state index contributed by atoms with van der Waals surface area (Å²) in [5, 5.41) is 2.91. The fourth-order valence-corrected chi connectivity index (χ4v) is 5.99. The lowest BCUT2D eigenvalue weighted by molar-refractivity contribution is -0.113. The lowest BCUT2D eigenvalue weighted by Gasteiger charge is -2.23. The Morgan fingerprint density at radius 3 is 2.84 bits per heavy atom. The van der Waals surface area contributed by atoms with Crippen molar-refractivity contribution in [1.82, 2.24) is 19.4 Å². The molecule has 3 heterocycles. The van der Waals surface area contributed by atoms with E-state index in [0.29, 0.717) is 19.0 Å². The van der Waals surface area contributed by atoms with E-state index in [2.05, 4.69) is 44.8 Å². The largest absolute Gasteiger partial charge is 0.494 e. The van der Waals surface area contributed by atoms with Gasteiger partial charge in [-0.05, 0) is 70.1 Å². The number of hydrogen-bond donors (Lipinski definition) is 1. The Morgan fingerprint density at radius 1 is 1.11 bits per heavy atom.